The van der Waals surface area contributed by atoms with Gasteiger partial charge in [-0.25, -0.2) is 4.79 Å². The fraction of sp³-hybridized carbons (Fsp3) is 0.250. The number of hydrogen-bond acceptors (Lipinski definition) is 2. The van der Waals surface area contributed by atoms with Crippen LogP contribution in [0, 0.1) is 0 Å². The van der Waals surface area contributed by atoms with E-state index in [1.54, 1.807) is 11.0 Å². The third-order valence-corrected chi connectivity index (χ3v) is 4.93. The highest BCUT2D eigenvalue weighted by Crippen LogP contribution is 2.36. The van der Waals surface area contributed by atoms with Crippen LogP contribution in [-0.2, 0) is 4.74 Å². The van der Waals surface area contributed by atoms with Crippen LogP contribution in [0.4, 0.5) is 4.79 Å². The third-order valence-electron chi connectivity index (χ3n) is 4.24. The third kappa shape index (κ3) is 4.21. The van der Waals surface area contributed by atoms with Crippen molar-refractivity contribution in [1.82, 2.24) is 10.2 Å². The van der Waals surface area contributed by atoms with Crippen molar-refractivity contribution in [3.63, 3.8) is 0 Å². The Morgan fingerprint density at radius 2 is 1.69 bits per heavy atom. The molecule has 4 nitrogen and oxygen atoms in total. The van der Waals surface area contributed by atoms with Gasteiger partial charge in [0.15, 0.2) is 0 Å². The van der Waals surface area contributed by atoms with Crippen molar-refractivity contribution in [2.24, 2.45) is 0 Å². The SMILES string of the molecule is C=CCNC(=O)N1CC(OC(c2ccccc2Cl)c2ccccc2Cl)C1. The molecule has 0 radical (unpaired) electrons. The molecule has 0 saturated carbocycles. The number of halogens is 2. The first-order chi connectivity index (χ1) is 12.6. The number of ether oxygens (including phenoxy) is 1. The molecular formula is C20H20Cl2N2O2. The highest BCUT2D eigenvalue weighted by Gasteiger charge is 2.34. The first-order valence-corrected chi connectivity index (χ1v) is 9.13. The van der Waals surface area contributed by atoms with Crippen molar-refractivity contribution in [1.29, 1.82) is 0 Å². The molecule has 1 aliphatic rings. The van der Waals surface area contributed by atoms with Gasteiger partial charge in [0.1, 0.15) is 6.10 Å². The number of hydrogen-bond donors (Lipinski definition) is 1. The molecule has 3 rings (SSSR count). The summed E-state index contributed by atoms with van der Waals surface area (Å²) in [6.07, 6.45) is 1.18. The molecule has 0 aliphatic carbocycles. The molecule has 2 aromatic rings. The molecule has 0 aromatic heterocycles. The van der Waals surface area contributed by atoms with Gasteiger partial charge in [0, 0.05) is 27.7 Å². The quantitative estimate of drug-likeness (QED) is 0.727. The van der Waals surface area contributed by atoms with Crippen LogP contribution in [0.15, 0.2) is 61.2 Å². The van der Waals surface area contributed by atoms with Gasteiger partial charge in [-0.1, -0.05) is 65.7 Å². The fourth-order valence-electron chi connectivity index (χ4n) is 2.84. The van der Waals surface area contributed by atoms with Crippen LogP contribution < -0.4 is 5.32 Å². The zero-order valence-corrected chi connectivity index (χ0v) is 15.7. The van der Waals surface area contributed by atoms with Crippen LogP contribution in [0.3, 0.4) is 0 Å². The van der Waals surface area contributed by atoms with Crippen LogP contribution in [0.1, 0.15) is 17.2 Å². The zero-order valence-electron chi connectivity index (χ0n) is 14.2. The largest absolute Gasteiger partial charge is 0.362 e. The fourth-order valence-corrected chi connectivity index (χ4v) is 3.31. The van der Waals surface area contributed by atoms with E-state index in [1.807, 2.05) is 48.5 Å². The summed E-state index contributed by atoms with van der Waals surface area (Å²) in [5.74, 6) is 0. The second kappa shape index (κ2) is 8.58. The number of likely N-dealkylation sites (tertiary alicyclic amines) is 1. The smallest absolute Gasteiger partial charge is 0.317 e. The first-order valence-electron chi connectivity index (χ1n) is 8.38. The molecule has 0 unspecified atom stereocenters. The highest BCUT2D eigenvalue weighted by atomic mass is 35.5. The van der Waals surface area contributed by atoms with E-state index in [4.69, 9.17) is 27.9 Å². The average molecular weight is 391 g/mol. The summed E-state index contributed by atoms with van der Waals surface area (Å²) in [6.45, 7) is 5.08. The molecule has 1 saturated heterocycles. The van der Waals surface area contributed by atoms with Gasteiger partial charge in [0.2, 0.25) is 0 Å². The maximum absolute atomic E-state index is 11.9. The lowest BCUT2D eigenvalue weighted by Crippen LogP contribution is -2.58. The van der Waals surface area contributed by atoms with Crippen molar-refractivity contribution in [3.05, 3.63) is 82.4 Å². The molecular weight excluding hydrogens is 371 g/mol. The number of carbonyl (C=O) groups excluding carboxylic acids is 1. The molecule has 1 heterocycles. The van der Waals surface area contributed by atoms with E-state index in [0.29, 0.717) is 29.7 Å². The predicted octanol–water partition coefficient (Wildman–Crippen LogP) is 4.68. The average Bonchev–Trinajstić information content (AvgIpc) is 2.61. The monoisotopic (exact) mass is 390 g/mol. The summed E-state index contributed by atoms with van der Waals surface area (Å²) in [5, 5.41) is 4.01. The van der Waals surface area contributed by atoms with Gasteiger partial charge in [-0.2, -0.15) is 0 Å². The van der Waals surface area contributed by atoms with E-state index in [0.717, 1.165) is 11.1 Å². The van der Waals surface area contributed by atoms with E-state index < -0.39 is 0 Å². The molecule has 136 valence electrons. The summed E-state index contributed by atoms with van der Waals surface area (Å²) in [4.78, 5) is 13.6. The molecule has 26 heavy (non-hydrogen) atoms. The number of amides is 2. The Hall–Kier alpha value is -2.01. The molecule has 2 amide bonds. The van der Waals surface area contributed by atoms with Gasteiger partial charge >= 0.3 is 6.03 Å². The number of urea groups is 1. The standard InChI is InChI=1S/C20H20Cl2N2O2/c1-2-11-23-20(25)24-12-14(13-24)26-19(15-7-3-5-9-17(15)21)16-8-4-6-10-18(16)22/h2-10,14,19H,1,11-13H2,(H,23,25). The van der Waals surface area contributed by atoms with Crippen LogP contribution in [0.2, 0.25) is 10.0 Å². The number of rotatable bonds is 6. The second-order valence-corrected chi connectivity index (χ2v) is 6.88. The molecule has 1 fully saturated rings. The van der Waals surface area contributed by atoms with Crippen molar-refractivity contribution in [2.75, 3.05) is 19.6 Å². The summed E-state index contributed by atoms with van der Waals surface area (Å²) < 4.78 is 6.29. The second-order valence-electron chi connectivity index (χ2n) is 6.06. The van der Waals surface area contributed by atoms with Crippen LogP contribution in [0.25, 0.3) is 0 Å². The van der Waals surface area contributed by atoms with E-state index in [1.165, 1.54) is 0 Å². The minimum atomic E-state index is -0.388. The summed E-state index contributed by atoms with van der Waals surface area (Å²) in [5.41, 5.74) is 1.72. The van der Waals surface area contributed by atoms with Gasteiger partial charge in [-0.3, -0.25) is 0 Å². The van der Waals surface area contributed by atoms with Gasteiger partial charge in [-0.05, 0) is 12.1 Å². The van der Waals surface area contributed by atoms with Crippen LogP contribution >= 0.6 is 23.2 Å². The first kappa shape index (κ1) is 18.8. The summed E-state index contributed by atoms with van der Waals surface area (Å²) in [6, 6.07) is 15.0. The van der Waals surface area contributed by atoms with Crippen molar-refractivity contribution < 1.29 is 9.53 Å². The lowest BCUT2D eigenvalue weighted by Gasteiger charge is -2.40. The highest BCUT2D eigenvalue weighted by molar-refractivity contribution is 6.32. The van der Waals surface area contributed by atoms with Gasteiger partial charge in [-0.15, -0.1) is 6.58 Å². The lowest BCUT2D eigenvalue weighted by atomic mass is 10.0. The van der Waals surface area contributed by atoms with Gasteiger partial charge in [0.05, 0.1) is 19.2 Å². The van der Waals surface area contributed by atoms with Crippen molar-refractivity contribution in [2.45, 2.75) is 12.2 Å². The van der Waals surface area contributed by atoms with Gasteiger partial charge < -0.3 is 15.0 Å². The van der Waals surface area contributed by atoms with Crippen LogP contribution in [-0.4, -0.2) is 36.7 Å². The predicted molar refractivity (Wildman–Crippen MR) is 105 cm³/mol. The van der Waals surface area contributed by atoms with E-state index in [-0.39, 0.29) is 18.2 Å². The number of carbonyl (C=O) groups is 1. The van der Waals surface area contributed by atoms with E-state index in [2.05, 4.69) is 11.9 Å². The molecule has 2 aromatic carbocycles. The van der Waals surface area contributed by atoms with Crippen molar-refractivity contribution in [3.8, 4) is 0 Å². The lowest BCUT2D eigenvalue weighted by molar-refractivity contribution is -0.0643. The maximum atomic E-state index is 11.9. The zero-order chi connectivity index (χ0) is 18.5. The molecule has 0 spiro atoms. The van der Waals surface area contributed by atoms with Crippen molar-refractivity contribution >= 4 is 29.2 Å². The Balaban J connectivity index is 1.75. The molecule has 1 N–H and O–H groups in total. The Bertz CT molecular complexity index is 745. The summed E-state index contributed by atoms with van der Waals surface area (Å²) in [7, 11) is 0. The normalized spacial score (nSPS) is 14.2. The Morgan fingerprint density at radius 1 is 1.15 bits per heavy atom. The minimum Gasteiger partial charge on any atom is -0.362 e. The Labute approximate surface area is 163 Å². The van der Waals surface area contributed by atoms with Crippen LogP contribution in [0.5, 0.6) is 0 Å². The minimum absolute atomic E-state index is 0.0815. The maximum Gasteiger partial charge on any atom is 0.317 e. The number of benzene rings is 2. The molecule has 0 bridgehead atoms. The Kier molecular flexibility index (Phi) is 6.20. The Morgan fingerprint density at radius 3 is 2.19 bits per heavy atom. The van der Waals surface area contributed by atoms with E-state index in [9.17, 15) is 4.79 Å². The number of nitrogens with zero attached hydrogens (tertiary/aromatic N) is 1. The van der Waals surface area contributed by atoms with E-state index >= 15 is 0 Å². The number of nitrogens with one attached hydrogen (secondary N) is 1. The summed E-state index contributed by atoms with van der Waals surface area (Å²) >= 11 is 12.8. The molecule has 6 heteroatoms. The molecule has 1 aliphatic heterocycles. The van der Waals surface area contributed by atoms with Gasteiger partial charge in [0.25, 0.3) is 0 Å². The molecule has 0 atom stereocenters. The topological polar surface area (TPSA) is 41.6 Å².